The van der Waals surface area contributed by atoms with Crippen molar-refractivity contribution in [1.82, 2.24) is 10.2 Å². The van der Waals surface area contributed by atoms with Gasteiger partial charge >= 0.3 is 0 Å². The fourth-order valence-corrected chi connectivity index (χ4v) is 6.85. The molecule has 2 fully saturated rings. The molecule has 0 saturated heterocycles. The molecule has 23 heavy (non-hydrogen) atoms. The van der Waals surface area contributed by atoms with Gasteiger partial charge in [-0.3, -0.25) is 5.10 Å². The van der Waals surface area contributed by atoms with E-state index in [0.717, 1.165) is 30.6 Å². The number of aliphatic hydroxyl groups excluding tert-OH is 1. The van der Waals surface area contributed by atoms with Gasteiger partial charge in [0.05, 0.1) is 12.3 Å². The normalized spacial score (nSPS) is 48.0. The molecule has 1 aromatic heterocycles. The van der Waals surface area contributed by atoms with E-state index in [4.69, 9.17) is 0 Å². The quantitative estimate of drug-likeness (QED) is 0.717. The maximum absolute atomic E-state index is 10.1. The van der Waals surface area contributed by atoms with Crippen molar-refractivity contribution in [2.45, 2.75) is 70.3 Å². The molecule has 2 saturated carbocycles. The van der Waals surface area contributed by atoms with E-state index in [1.165, 1.54) is 43.4 Å². The summed E-state index contributed by atoms with van der Waals surface area (Å²) in [5.41, 5.74) is 5.12. The molecule has 0 bridgehead atoms. The number of hydrogen-bond acceptors (Lipinski definition) is 2. The lowest BCUT2D eigenvalue weighted by molar-refractivity contribution is -0.0172. The van der Waals surface area contributed by atoms with Crippen molar-refractivity contribution in [3.8, 4) is 0 Å². The predicted molar refractivity (Wildman–Crippen MR) is 90.0 cm³/mol. The van der Waals surface area contributed by atoms with Crippen LogP contribution >= 0.6 is 0 Å². The molecule has 0 radical (unpaired) electrons. The second-order valence-electron chi connectivity index (χ2n) is 9.09. The number of aromatic amines is 1. The molecular weight excluding hydrogens is 284 g/mol. The van der Waals surface area contributed by atoms with Crippen LogP contribution in [0.25, 0.3) is 0 Å². The third kappa shape index (κ3) is 1.72. The third-order valence-corrected chi connectivity index (χ3v) is 8.20. The van der Waals surface area contributed by atoms with E-state index in [1.54, 1.807) is 5.57 Å². The van der Waals surface area contributed by atoms with Gasteiger partial charge in [-0.2, -0.15) is 5.10 Å². The Labute approximate surface area is 138 Å². The number of aromatic nitrogens is 2. The smallest absolute Gasteiger partial charge is 0.0577 e. The van der Waals surface area contributed by atoms with Crippen molar-refractivity contribution in [2.24, 2.45) is 23.2 Å². The Kier molecular flexibility index (Phi) is 2.79. The summed E-state index contributed by atoms with van der Waals surface area (Å²) in [5, 5.41) is 17.7. The zero-order chi connectivity index (χ0) is 15.8. The minimum atomic E-state index is -0.0999. The molecule has 124 valence electrons. The second-order valence-corrected chi connectivity index (χ2v) is 9.09. The molecule has 3 nitrogen and oxygen atoms in total. The molecule has 1 aromatic rings. The van der Waals surface area contributed by atoms with E-state index >= 15 is 0 Å². The van der Waals surface area contributed by atoms with Crippen LogP contribution in [0.15, 0.2) is 17.8 Å². The Bertz CT molecular complexity index is 677. The van der Waals surface area contributed by atoms with Gasteiger partial charge in [-0.1, -0.05) is 25.5 Å². The molecular formula is C20H28N2O. The first-order valence-electron chi connectivity index (χ1n) is 9.43. The van der Waals surface area contributed by atoms with Crippen LogP contribution in [-0.4, -0.2) is 21.4 Å². The van der Waals surface area contributed by atoms with Crippen LogP contribution in [0.4, 0.5) is 0 Å². The zero-order valence-electron chi connectivity index (χ0n) is 14.3. The van der Waals surface area contributed by atoms with Crippen LogP contribution in [0, 0.1) is 23.2 Å². The van der Waals surface area contributed by atoms with Gasteiger partial charge in [0.2, 0.25) is 0 Å². The lowest BCUT2D eigenvalue weighted by Crippen LogP contribution is -2.51. The Morgan fingerprint density at radius 3 is 2.83 bits per heavy atom. The lowest BCUT2D eigenvalue weighted by atomic mass is 9.48. The Hall–Kier alpha value is -1.09. The summed E-state index contributed by atoms with van der Waals surface area (Å²) in [5.74, 6) is 2.38. The van der Waals surface area contributed by atoms with Gasteiger partial charge < -0.3 is 5.11 Å². The number of hydrogen-bond donors (Lipinski definition) is 2. The largest absolute Gasteiger partial charge is 0.393 e. The molecule has 4 aliphatic carbocycles. The minimum Gasteiger partial charge on any atom is -0.393 e. The molecule has 6 unspecified atom stereocenters. The lowest BCUT2D eigenvalue weighted by Gasteiger charge is -2.57. The molecule has 0 spiro atoms. The summed E-state index contributed by atoms with van der Waals surface area (Å²) in [6, 6.07) is 0. The maximum atomic E-state index is 10.1. The van der Waals surface area contributed by atoms with E-state index in [9.17, 15) is 5.11 Å². The minimum absolute atomic E-state index is 0.0999. The summed E-state index contributed by atoms with van der Waals surface area (Å²) >= 11 is 0. The highest BCUT2D eigenvalue weighted by atomic mass is 16.3. The van der Waals surface area contributed by atoms with E-state index in [1.807, 2.05) is 0 Å². The Balaban J connectivity index is 1.53. The van der Waals surface area contributed by atoms with Gasteiger partial charge in [0.1, 0.15) is 0 Å². The highest BCUT2D eigenvalue weighted by molar-refractivity contribution is 5.36. The van der Waals surface area contributed by atoms with E-state index in [0.29, 0.717) is 10.8 Å². The maximum Gasteiger partial charge on any atom is 0.0577 e. The first-order valence-corrected chi connectivity index (χ1v) is 9.43. The number of fused-ring (bicyclic) bond motifs is 7. The summed E-state index contributed by atoms with van der Waals surface area (Å²) in [4.78, 5) is 0. The van der Waals surface area contributed by atoms with Crippen molar-refractivity contribution in [3.63, 3.8) is 0 Å². The van der Waals surface area contributed by atoms with Crippen molar-refractivity contribution in [3.05, 3.63) is 29.1 Å². The number of allylic oxidation sites excluding steroid dienone is 1. The Morgan fingerprint density at radius 1 is 1.13 bits per heavy atom. The monoisotopic (exact) mass is 312 g/mol. The summed E-state index contributed by atoms with van der Waals surface area (Å²) in [6.07, 6.45) is 12.6. The van der Waals surface area contributed by atoms with Crippen LogP contribution in [0.2, 0.25) is 0 Å². The molecule has 6 atom stereocenters. The van der Waals surface area contributed by atoms with Crippen molar-refractivity contribution in [1.29, 1.82) is 0 Å². The number of H-pyrrole nitrogens is 1. The fraction of sp³-hybridized carbons (Fsp3) is 0.750. The van der Waals surface area contributed by atoms with Crippen LogP contribution in [0.3, 0.4) is 0 Å². The third-order valence-electron chi connectivity index (χ3n) is 8.20. The molecule has 0 aliphatic heterocycles. The van der Waals surface area contributed by atoms with Crippen molar-refractivity contribution >= 4 is 0 Å². The topological polar surface area (TPSA) is 48.9 Å². The van der Waals surface area contributed by atoms with E-state index < -0.39 is 0 Å². The van der Waals surface area contributed by atoms with Gasteiger partial charge in [0, 0.05) is 11.1 Å². The molecule has 3 heteroatoms. The zero-order valence-corrected chi connectivity index (χ0v) is 14.3. The summed E-state index contributed by atoms with van der Waals surface area (Å²) in [6.45, 7) is 4.98. The van der Waals surface area contributed by atoms with Gasteiger partial charge in [0.25, 0.3) is 0 Å². The van der Waals surface area contributed by atoms with Crippen LogP contribution < -0.4 is 0 Å². The van der Waals surface area contributed by atoms with Crippen LogP contribution in [0.5, 0.6) is 0 Å². The van der Waals surface area contributed by atoms with E-state index in [2.05, 4.69) is 36.3 Å². The standard InChI is InChI=1S/C20H28N2O/c1-19-7-5-14(23)10-13(19)3-4-15-16(19)6-8-20(2)17(15)9-12-11-21-22-18(12)20/h3,11,14-17,23H,4-10H2,1-2H3,(H,21,22). The SMILES string of the molecule is CC12CCC(O)CC1=CCC1C2CCC2(C)c3[nH]ncc3CC12. The summed E-state index contributed by atoms with van der Waals surface area (Å²) in [7, 11) is 0. The molecule has 4 aliphatic rings. The average Bonchev–Trinajstić information content (AvgIpc) is 3.09. The van der Waals surface area contributed by atoms with Gasteiger partial charge in [-0.05, 0) is 73.7 Å². The number of nitrogens with one attached hydrogen (secondary N) is 1. The van der Waals surface area contributed by atoms with E-state index in [-0.39, 0.29) is 6.10 Å². The molecule has 5 rings (SSSR count). The molecule has 0 aromatic carbocycles. The number of rotatable bonds is 0. The van der Waals surface area contributed by atoms with Crippen LogP contribution in [0.1, 0.15) is 63.6 Å². The first kappa shape index (κ1) is 14.3. The fourth-order valence-electron chi connectivity index (χ4n) is 6.85. The van der Waals surface area contributed by atoms with Crippen molar-refractivity contribution < 1.29 is 5.11 Å². The van der Waals surface area contributed by atoms with Crippen LogP contribution in [-0.2, 0) is 11.8 Å². The predicted octanol–water partition coefficient (Wildman–Crippen LogP) is 3.75. The number of aliphatic hydroxyl groups is 1. The second kappa shape index (κ2) is 4.50. The molecule has 0 amide bonds. The number of nitrogens with zero attached hydrogens (tertiary/aromatic N) is 1. The average molecular weight is 312 g/mol. The first-order chi connectivity index (χ1) is 11.0. The molecule has 1 heterocycles. The highest BCUT2D eigenvalue weighted by Crippen LogP contribution is 2.63. The Morgan fingerprint density at radius 2 is 1.96 bits per heavy atom. The van der Waals surface area contributed by atoms with Gasteiger partial charge in [-0.15, -0.1) is 0 Å². The highest BCUT2D eigenvalue weighted by Gasteiger charge is 2.57. The van der Waals surface area contributed by atoms with Gasteiger partial charge in [-0.25, -0.2) is 0 Å². The van der Waals surface area contributed by atoms with Gasteiger partial charge in [0.15, 0.2) is 0 Å². The molecule has 2 N–H and O–H groups in total. The summed E-state index contributed by atoms with van der Waals surface area (Å²) < 4.78 is 0. The van der Waals surface area contributed by atoms with Crippen molar-refractivity contribution in [2.75, 3.05) is 0 Å².